The summed E-state index contributed by atoms with van der Waals surface area (Å²) in [6.07, 6.45) is 2.03. The Balaban J connectivity index is 1.48. The highest BCUT2D eigenvalue weighted by Gasteiger charge is 2.18. The second kappa shape index (κ2) is 7.66. The van der Waals surface area contributed by atoms with Gasteiger partial charge in [0.1, 0.15) is 0 Å². The van der Waals surface area contributed by atoms with Crippen LogP contribution < -0.4 is 15.5 Å². The Morgan fingerprint density at radius 3 is 2.39 bits per heavy atom. The number of ether oxygens (including phenoxy) is 1. The first kappa shape index (κ1) is 16.1. The molecule has 0 atom stereocenters. The Morgan fingerprint density at radius 2 is 1.74 bits per heavy atom. The van der Waals surface area contributed by atoms with E-state index >= 15 is 0 Å². The summed E-state index contributed by atoms with van der Waals surface area (Å²) in [7, 11) is 2.12. The van der Waals surface area contributed by atoms with E-state index in [1.807, 2.05) is 12.1 Å². The van der Waals surface area contributed by atoms with Crippen molar-refractivity contribution < 1.29 is 9.53 Å². The fraction of sp³-hybridized carbons (Fsp3) is 0.588. The molecule has 1 aromatic rings. The summed E-state index contributed by atoms with van der Waals surface area (Å²) in [6, 6.07) is 8.18. The van der Waals surface area contributed by atoms with Gasteiger partial charge in [-0.3, -0.25) is 0 Å². The van der Waals surface area contributed by atoms with E-state index in [1.54, 1.807) is 0 Å². The van der Waals surface area contributed by atoms with Crippen molar-refractivity contribution in [2.75, 3.05) is 56.7 Å². The highest BCUT2D eigenvalue weighted by molar-refractivity contribution is 5.89. The number of hydrogen-bond acceptors (Lipinski definition) is 4. The quantitative estimate of drug-likeness (QED) is 0.891. The molecule has 2 aliphatic heterocycles. The van der Waals surface area contributed by atoms with E-state index in [0.717, 1.165) is 57.9 Å². The number of nitrogens with zero attached hydrogens (tertiary/aromatic N) is 2. The Hall–Kier alpha value is -1.79. The Bertz CT molecular complexity index is 506. The number of anilines is 2. The van der Waals surface area contributed by atoms with Gasteiger partial charge in [0, 0.05) is 30.5 Å². The van der Waals surface area contributed by atoms with Gasteiger partial charge in [-0.25, -0.2) is 4.79 Å². The number of carbonyl (C=O) groups excluding carboxylic acids is 1. The second-order valence-electron chi connectivity index (χ2n) is 6.32. The molecule has 3 rings (SSSR count). The largest absolute Gasteiger partial charge is 0.378 e. The van der Waals surface area contributed by atoms with Crippen molar-refractivity contribution in [3.63, 3.8) is 0 Å². The summed E-state index contributed by atoms with van der Waals surface area (Å²) < 4.78 is 5.37. The van der Waals surface area contributed by atoms with Crippen LogP contribution in [0, 0.1) is 0 Å². The molecule has 0 spiro atoms. The minimum atomic E-state index is -0.112. The molecule has 2 heterocycles. The van der Waals surface area contributed by atoms with Crippen molar-refractivity contribution in [2.24, 2.45) is 0 Å². The average Bonchev–Trinajstić information content (AvgIpc) is 2.58. The van der Waals surface area contributed by atoms with Crippen LogP contribution in [0.1, 0.15) is 12.8 Å². The smallest absolute Gasteiger partial charge is 0.319 e. The van der Waals surface area contributed by atoms with Crippen LogP contribution >= 0.6 is 0 Å². The van der Waals surface area contributed by atoms with Gasteiger partial charge in [0.2, 0.25) is 0 Å². The molecular weight excluding hydrogens is 292 g/mol. The van der Waals surface area contributed by atoms with E-state index in [2.05, 4.69) is 39.6 Å². The minimum Gasteiger partial charge on any atom is -0.378 e. The number of urea groups is 1. The van der Waals surface area contributed by atoms with Crippen LogP contribution in [0.4, 0.5) is 16.2 Å². The highest BCUT2D eigenvalue weighted by Crippen LogP contribution is 2.19. The van der Waals surface area contributed by atoms with Crippen molar-refractivity contribution in [1.82, 2.24) is 10.2 Å². The second-order valence-corrected chi connectivity index (χ2v) is 6.32. The number of carbonyl (C=O) groups is 1. The van der Waals surface area contributed by atoms with Crippen LogP contribution in [0.25, 0.3) is 0 Å². The average molecular weight is 318 g/mol. The van der Waals surface area contributed by atoms with Crippen molar-refractivity contribution in [3.05, 3.63) is 24.3 Å². The molecule has 6 nitrogen and oxygen atoms in total. The van der Waals surface area contributed by atoms with E-state index in [0.29, 0.717) is 0 Å². The third kappa shape index (κ3) is 4.59. The predicted octanol–water partition coefficient (Wildman–Crippen LogP) is 1.74. The van der Waals surface area contributed by atoms with Crippen molar-refractivity contribution in [2.45, 2.75) is 18.9 Å². The number of rotatable bonds is 3. The molecule has 0 radical (unpaired) electrons. The van der Waals surface area contributed by atoms with Crippen LogP contribution in [0.2, 0.25) is 0 Å². The lowest BCUT2D eigenvalue weighted by Gasteiger charge is -2.29. The van der Waals surface area contributed by atoms with Gasteiger partial charge in [-0.05, 0) is 57.2 Å². The molecule has 1 aromatic carbocycles. The zero-order valence-corrected chi connectivity index (χ0v) is 13.8. The van der Waals surface area contributed by atoms with Gasteiger partial charge in [0.05, 0.1) is 13.2 Å². The van der Waals surface area contributed by atoms with Crippen molar-refractivity contribution >= 4 is 17.4 Å². The fourth-order valence-electron chi connectivity index (χ4n) is 3.08. The van der Waals surface area contributed by atoms with Crippen molar-refractivity contribution in [1.29, 1.82) is 0 Å². The molecule has 2 fully saturated rings. The molecule has 0 bridgehead atoms. The lowest BCUT2D eigenvalue weighted by Crippen LogP contribution is -2.44. The zero-order valence-electron chi connectivity index (χ0n) is 13.8. The molecule has 2 amide bonds. The molecule has 0 unspecified atom stereocenters. The number of nitrogens with one attached hydrogen (secondary N) is 2. The normalized spacial score (nSPS) is 20.3. The number of benzene rings is 1. The van der Waals surface area contributed by atoms with Crippen LogP contribution in [0.15, 0.2) is 24.3 Å². The molecule has 0 aromatic heterocycles. The summed E-state index contributed by atoms with van der Waals surface area (Å²) in [5, 5.41) is 5.99. The summed E-state index contributed by atoms with van der Waals surface area (Å²) >= 11 is 0. The monoisotopic (exact) mass is 318 g/mol. The zero-order chi connectivity index (χ0) is 16.1. The maximum absolute atomic E-state index is 12.1. The van der Waals surface area contributed by atoms with Gasteiger partial charge in [-0.1, -0.05) is 0 Å². The number of piperidine rings is 1. The van der Waals surface area contributed by atoms with E-state index < -0.39 is 0 Å². The Kier molecular flexibility index (Phi) is 5.35. The van der Waals surface area contributed by atoms with Crippen LogP contribution in [-0.2, 0) is 4.74 Å². The summed E-state index contributed by atoms with van der Waals surface area (Å²) in [6.45, 7) is 5.48. The fourth-order valence-corrected chi connectivity index (χ4v) is 3.08. The molecule has 23 heavy (non-hydrogen) atoms. The van der Waals surface area contributed by atoms with Gasteiger partial charge in [-0.2, -0.15) is 0 Å². The third-order valence-corrected chi connectivity index (χ3v) is 4.56. The number of amides is 2. The Morgan fingerprint density at radius 1 is 1.09 bits per heavy atom. The van der Waals surface area contributed by atoms with E-state index in [4.69, 9.17) is 4.74 Å². The van der Waals surface area contributed by atoms with Crippen LogP contribution in [0.3, 0.4) is 0 Å². The summed E-state index contributed by atoms with van der Waals surface area (Å²) in [4.78, 5) is 16.7. The van der Waals surface area contributed by atoms with Gasteiger partial charge in [0.15, 0.2) is 0 Å². The molecular formula is C17H26N4O2. The lowest BCUT2D eigenvalue weighted by atomic mass is 10.1. The van der Waals surface area contributed by atoms with Crippen LogP contribution in [-0.4, -0.2) is 63.4 Å². The number of likely N-dealkylation sites (tertiary alicyclic amines) is 1. The van der Waals surface area contributed by atoms with Crippen LogP contribution in [0.5, 0.6) is 0 Å². The van der Waals surface area contributed by atoms with Gasteiger partial charge in [0.25, 0.3) is 0 Å². The maximum Gasteiger partial charge on any atom is 0.319 e. The molecule has 126 valence electrons. The first-order chi connectivity index (χ1) is 11.2. The molecule has 0 saturated carbocycles. The van der Waals surface area contributed by atoms with Crippen molar-refractivity contribution in [3.8, 4) is 0 Å². The van der Waals surface area contributed by atoms with Gasteiger partial charge >= 0.3 is 6.03 Å². The minimum absolute atomic E-state index is 0.112. The highest BCUT2D eigenvalue weighted by atomic mass is 16.5. The summed E-state index contributed by atoms with van der Waals surface area (Å²) in [5.74, 6) is 0. The first-order valence-corrected chi connectivity index (χ1v) is 8.39. The van der Waals surface area contributed by atoms with Gasteiger partial charge in [-0.15, -0.1) is 0 Å². The van der Waals surface area contributed by atoms with Gasteiger partial charge < -0.3 is 25.2 Å². The van der Waals surface area contributed by atoms with E-state index in [9.17, 15) is 4.79 Å². The molecule has 2 N–H and O–H groups in total. The molecule has 2 aliphatic rings. The third-order valence-electron chi connectivity index (χ3n) is 4.56. The topological polar surface area (TPSA) is 56.8 Å². The SMILES string of the molecule is CN1CCC(NC(=O)Nc2ccc(N3CCOCC3)cc2)CC1. The Labute approximate surface area is 137 Å². The number of hydrogen-bond donors (Lipinski definition) is 2. The van der Waals surface area contributed by atoms with E-state index in [1.165, 1.54) is 5.69 Å². The molecule has 6 heteroatoms. The molecule has 0 aliphatic carbocycles. The number of morpholine rings is 1. The maximum atomic E-state index is 12.1. The summed E-state index contributed by atoms with van der Waals surface area (Å²) in [5.41, 5.74) is 2.00. The standard InChI is InChI=1S/C17H26N4O2/c1-20-8-6-15(7-9-20)19-17(22)18-14-2-4-16(5-3-14)21-10-12-23-13-11-21/h2-5,15H,6-13H2,1H3,(H2,18,19,22). The molecule has 2 saturated heterocycles. The first-order valence-electron chi connectivity index (χ1n) is 8.39. The van der Waals surface area contributed by atoms with E-state index in [-0.39, 0.29) is 12.1 Å². The lowest BCUT2D eigenvalue weighted by molar-refractivity contribution is 0.122. The predicted molar refractivity (Wildman–Crippen MR) is 92.1 cm³/mol.